The topological polar surface area (TPSA) is 136 Å². The minimum atomic E-state index is -0.393. The summed E-state index contributed by atoms with van der Waals surface area (Å²) in [6.45, 7) is 0.983. The lowest BCUT2D eigenvalue weighted by molar-refractivity contribution is -0.116. The number of carbonyl (C=O) groups is 4. The van der Waals surface area contributed by atoms with Crippen molar-refractivity contribution in [3.8, 4) is 11.5 Å². The maximum atomic E-state index is 13.1. The molecule has 5 aromatic rings. The van der Waals surface area contributed by atoms with Crippen LogP contribution in [0.15, 0.2) is 65.7 Å². The predicted molar refractivity (Wildman–Crippen MR) is 192 cm³/mol. The highest BCUT2D eigenvalue weighted by Crippen LogP contribution is 2.38. The van der Waals surface area contributed by atoms with E-state index in [9.17, 15) is 19.2 Å². The third-order valence-electron chi connectivity index (χ3n) is 8.45. The van der Waals surface area contributed by atoms with Gasteiger partial charge in [-0.2, -0.15) is 0 Å². The zero-order valence-electron chi connectivity index (χ0n) is 26.7. The Hall–Kier alpha value is -5.27. The highest BCUT2D eigenvalue weighted by atomic mass is 32.1. The number of thiophene rings is 2. The summed E-state index contributed by atoms with van der Waals surface area (Å²) in [6, 6.07) is 18.0. The zero-order chi connectivity index (χ0) is 34.1. The molecule has 1 saturated heterocycles. The molecule has 0 bridgehead atoms. The summed E-state index contributed by atoms with van der Waals surface area (Å²) in [4.78, 5) is 58.3. The molecule has 13 heteroatoms. The number of aliphatic imine (C=N–C) groups is 1. The van der Waals surface area contributed by atoms with Crippen LogP contribution in [0.4, 0.5) is 17.1 Å². The van der Waals surface area contributed by atoms with Crippen LogP contribution >= 0.6 is 22.7 Å². The Morgan fingerprint density at radius 1 is 0.898 bits per heavy atom. The highest BCUT2D eigenvalue weighted by molar-refractivity contribution is 7.21. The van der Waals surface area contributed by atoms with E-state index in [2.05, 4.69) is 15.6 Å². The molecule has 2 N–H and O–H groups in total. The summed E-state index contributed by atoms with van der Waals surface area (Å²) in [5.41, 5.74) is 2.29. The first-order valence-corrected chi connectivity index (χ1v) is 17.4. The SMILES string of the molecule is COC(=O)c1cc2cc(NC(=O)c3cc4cc(NC(=O)CCCOc5cc6c(cc5OC)C(=O)N5CCC[C@H]5C=N6)ccc4s3)ccc2s1. The van der Waals surface area contributed by atoms with E-state index >= 15 is 0 Å². The predicted octanol–water partition coefficient (Wildman–Crippen LogP) is 7.28. The van der Waals surface area contributed by atoms with Gasteiger partial charge >= 0.3 is 5.97 Å². The molecule has 1 fully saturated rings. The van der Waals surface area contributed by atoms with E-state index in [1.54, 1.807) is 30.3 Å². The fourth-order valence-electron chi connectivity index (χ4n) is 6.01. The number of hydrogen-bond acceptors (Lipinski definition) is 10. The van der Waals surface area contributed by atoms with Crippen LogP contribution in [0.5, 0.6) is 11.5 Å². The Labute approximate surface area is 289 Å². The summed E-state index contributed by atoms with van der Waals surface area (Å²) in [5.74, 6) is 0.0478. The van der Waals surface area contributed by atoms with Gasteiger partial charge < -0.3 is 29.7 Å². The van der Waals surface area contributed by atoms with E-state index in [4.69, 9.17) is 14.2 Å². The van der Waals surface area contributed by atoms with Gasteiger partial charge in [0.25, 0.3) is 11.8 Å². The minimum Gasteiger partial charge on any atom is -0.493 e. The summed E-state index contributed by atoms with van der Waals surface area (Å²) >= 11 is 2.69. The summed E-state index contributed by atoms with van der Waals surface area (Å²) in [6.07, 6.45) is 4.38. The molecule has 4 heterocycles. The van der Waals surface area contributed by atoms with Crippen molar-refractivity contribution in [3.63, 3.8) is 0 Å². The van der Waals surface area contributed by atoms with E-state index in [0.717, 1.165) is 33.0 Å². The average Bonchev–Trinajstić information content (AvgIpc) is 3.85. The van der Waals surface area contributed by atoms with Gasteiger partial charge in [-0.05, 0) is 84.6 Å². The van der Waals surface area contributed by atoms with Crippen molar-refractivity contribution in [2.75, 3.05) is 38.0 Å². The number of anilines is 2. The van der Waals surface area contributed by atoms with Gasteiger partial charge in [0, 0.05) is 46.0 Å². The molecule has 0 saturated carbocycles. The van der Waals surface area contributed by atoms with E-state index in [1.165, 1.54) is 36.9 Å². The molecule has 0 spiro atoms. The largest absolute Gasteiger partial charge is 0.493 e. The first-order chi connectivity index (χ1) is 23.8. The van der Waals surface area contributed by atoms with Gasteiger partial charge in [0.15, 0.2) is 11.5 Å². The van der Waals surface area contributed by atoms with Gasteiger partial charge in [-0.1, -0.05) is 0 Å². The first-order valence-electron chi connectivity index (χ1n) is 15.8. The number of benzene rings is 3. The number of nitrogens with one attached hydrogen (secondary N) is 2. The van der Waals surface area contributed by atoms with Gasteiger partial charge in [0.1, 0.15) is 4.88 Å². The van der Waals surface area contributed by atoms with Crippen molar-refractivity contribution in [2.24, 2.45) is 4.99 Å². The maximum Gasteiger partial charge on any atom is 0.348 e. The van der Waals surface area contributed by atoms with Gasteiger partial charge in [0.05, 0.1) is 43.0 Å². The second kappa shape index (κ2) is 13.7. The lowest BCUT2D eigenvalue weighted by Crippen LogP contribution is -2.35. The van der Waals surface area contributed by atoms with E-state index in [-0.39, 0.29) is 36.8 Å². The molecule has 1 atom stereocenters. The molecule has 250 valence electrons. The van der Waals surface area contributed by atoms with Crippen LogP contribution in [0.2, 0.25) is 0 Å². The van der Waals surface area contributed by atoms with Crippen molar-refractivity contribution < 1.29 is 33.4 Å². The standard InChI is InChI=1S/C36H32N4O7S2/c1-45-27-17-25-26(37-19-24-5-3-11-40(24)35(25)43)18-28(27)47-12-4-6-33(41)38-22-7-9-29-20(13-22)15-31(48-29)34(42)39-23-8-10-30-21(14-23)16-32(49-30)36(44)46-2/h7-10,13-19,24H,3-6,11-12H2,1-2H3,(H,38,41)(H,39,42)/t24-/m0/s1. The molecular weight excluding hydrogens is 665 g/mol. The molecule has 0 aliphatic carbocycles. The molecule has 2 aromatic heterocycles. The van der Waals surface area contributed by atoms with Crippen LogP contribution in [0.1, 0.15) is 55.4 Å². The quantitative estimate of drug-likeness (QED) is 0.116. The number of fused-ring (bicyclic) bond motifs is 4. The van der Waals surface area contributed by atoms with Crippen molar-refractivity contribution in [3.05, 3.63) is 76.0 Å². The number of rotatable bonds is 10. The van der Waals surface area contributed by atoms with Crippen molar-refractivity contribution >= 4 is 89.8 Å². The lowest BCUT2D eigenvalue weighted by atomic mass is 10.1. The normalized spacial score (nSPS) is 15.1. The number of amides is 3. The molecule has 2 aliphatic heterocycles. The molecule has 3 amide bonds. The van der Waals surface area contributed by atoms with Crippen LogP contribution in [0.25, 0.3) is 20.2 Å². The number of esters is 1. The molecule has 49 heavy (non-hydrogen) atoms. The van der Waals surface area contributed by atoms with Crippen LogP contribution in [-0.4, -0.2) is 68.2 Å². The summed E-state index contributed by atoms with van der Waals surface area (Å²) in [5, 5.41) is 7.54. The second-order valence-corrected chi connectivity index (χ2v) is 13.8. The minimum absolute atomic E-state index is 0.0137. The Bertz CT molecular complexity index is 2150. The van der Waals surface area contributed by atoms with Gasteiger partial charge in [-0.3, -0.25) is 19.4 Å². The molecular formula is C36H32N4O7S2. The van der Waals surface area contributed by atoms with E-state index in [1.807, 2.05) is 41.4 Å². The summed E-state index contributed by atoms with van der Waals surface area (Å²) in [7, 11) is 2.87. The monoisotopic (exact) mass is 696 g/mol. The second-order valence-electron chi connectivity index (χ2n) is 11.7. The Kier molecular flexibility index (Phi) is 9.02. The number of methoxy groups -OCH3 is 2. The first kappa shape index (κ1) is 32.3. The number of carbonyl (C=O) groups excluding carboxylic acids is 4. The smallest absolute Gasteiger partial charge is 0.348 e. The molecule has 11 nitrogen and oxygen atoms in total. The zero-order valence-corrected chi connectivity index (χ0v) is 28.4. The van der Waals surface area contributed by atoms with Crippen molar-refractivity contribution in [2.45, 2.75) is 31.7 Å². The third kappa shape index (κ3) is 6.72. The number of ether oxygens (including phenoxy) is 3. The lowest BCUT2D eigenvalue weighted by Gasteiger charge is -2.20. The summed E-state index contributed by atoms with van der Waals surface area (Å²) < 4.78 is 18.1. The Morgan fingerprint density at radius 2 is 1.61 bits per heavy atom. The van der Waals surface area contributed by atoms with Gasteiger partial charge in [-0.15, -0.1) is 22.7 Å². The Balaban J connectivity index is 0.935. The molecule has 3 aromatic carbocycles. The van der Waals surface area contributed by atoms with Gasteiger partial charge in [-0.25, -0.2) is 4.79 Å². The molecule has 7 rings (SSSR count). The van der Waals surface area contributed by atoms with E-state index in [0.29, 0.717) is 56.8 Å². The van der Waals surface area contributed by atoms with Crippen LogP contribution in [0.3, 0.4) is 0 Å². The fraction of sp³-hybridized carbons (Fsp3) is 0.250. The highest BCUT2D eigenvalue weighted by Gasteiger charge is 2.32. The van der Waals surface area contributed by atoms with Crippen LogP contribution in [-0.2, 0) is 9.53 Å². The molecule has 2 aliphatic rings. The fourth-order valence-corrected chi connectivity index (χ4v) is 7.91. The average molecular weight is 697 g/mol. The van der Waals surface area contributed by atoms with Crippen molar-refractivity contribution in [1.82, 2.24) is 4.90 Å². The molecule has 0 radical (unpaired) electrons. The number of hydrogen-bond donors (Lipinski definition) is 2. The van der Waals surface area contributed by atoms with Crippen LogP contribution in [0, 0.1) is 0 Å². The van der Waals surface area contributed by atoms with Gasteiger partial charge in [0.2, 0.25) is 5.91 Å². The molecule has 0 unspecified atom stereocenters. The van der Waals surface area contributed by atoms with Crippen molar-refractivity contribution in [1.29, 1.82) is 0 Å². The number of nitrogens with zero attached hydrogens (tertiary/aromatic N) is 2. The Morgan fingerprint density at radius 3 is 2.35 bits per heavy atom. The maximum absolute atomic E-state index is 13.1. The van der Waals surface area contributed by atoms with E-state index < -0.39 is 5.97 Å². The van der Waals surface area contributed by atoms with Crippen LogP contribution < -0.4 is 20.1 Å². The third-order valence-corrected chi connectivity index (χ3v) is 10.7.